The molecule has 0 unspecified atom stereocenters. The Morgan fingerprint density at radius 3 is 2.69 bits per heavy atom. The molecule has 2 heterocycles. The lowest BCUT2D eigenvalue weighted by molar-refractivity contribution is -0.207. The van der Waals surface area contributed by atoms with E-state index in [0.717, 1.165) is 5.92 Å². The van der Waals surface area contributed by atoms with E-state index in [1.54, 1.807) is 0 Å². The Hall–Kier alpha value is -0.610. The summed E-state index contributed by atoms with van der Waals surface area (Å²) < 4.78 is 0. The average molecular weight is 218 g/mol. The van der Waals surface area contributed by atoms with E-state index in [-0.39, 0.29) is 17.7 Å². The van der Waals surface area contributed by atoms with Crippen molar-refractivity contribution in [1.82, 2.24) is 5.32 Å². The van der Waals surface area contributed by atoms with Crippen LogP contribution >= 0.6 is 0 Å². The molecule has 0 aromatic heterocycles. The summed E-state index contributed by atoms with van der Waals surface area (Å²) >= 11 is 0. The topological polar surface area (TPSA) is 75.3 Å². The summed E-state index contributed by atoms with van der Waals surface area (Å²) in [4.78, 5) is 12.1. The minimum atomic E-state index is -1.03. The zero-order chi connectivity index (χ0) is 10.6. The first-order chi connectivity index (χ1) is 7.60. The summed E-state index contributed by atoms with van der Waals surface area (Å²) in [6.07, 6.45) is 1.23. The minimum absolute atomic E-state index is 0.161. The maximum Gasteiger partial charge on any atom is 0.254 e. The first kappa shape index (κ1) is 7.67. The molecule has 7 fully saturated rings. The van der Waals surface area contributed by atoms with Gasteiger partial charge in [0.25, 0.3) is 5.91 Å². The summed E-state index contributed by atoms with van der Waals surface area (Å²) in [5.74, 6) is 3.70. The predicted octanol–water partition coefficient (Wildman–Crippen LogP) is -1.11. The molecule has 0 aromatic carbocycles. The second kappa shape index (κ2) is 1.58. The molecule has 4 N–H and O–H groups in total. The molecule has 10 atom stereocenters. The SMILES string of the molecule is N[C@@]12NC(=O)[C@@]3(O)[C@@H]4[C@H]5C[C@@H]([C@@H]6[C@@H]5[C@@H]3[C@@H]61)[C@H]42. The monoisotopic (exact) mass is 218 g/mol. The number of carbonyl (C=O) groups is 1. The minimum Gasteiger partial charge on any atom is -0.379 e. The van der Waals surface area contributed by atoms with E-state index >= 15 is 0 Å². The number of rotatable bonds is 0. The van der Waals surface area contributed by atoms with Crippen molar-refractivity contribution < 1.29 is 9.90 Å². The van der Waals surface area contributed by atoms with Crippen LogP contribution in [-0.2, 0) is 4.79 Å². The molecule has 0 aromatic rings. The third-order valence-corrected chi connectivity index (χ3v) is 7.32. The zero-order valence-corrected chi connectivity index (χ0v) is 8.76. The van der Waals surface area contributed by atoms with Gasteiger partial charge in [0.15, 0.2) is 0 Å². The van der Waals surface area contributed by atoms with Crippen LogP contribution in [0.25, 0.3) is 0 Å². The Bertz CT molecular complexity index is 493. The lowest BCUT2D eigenvalue weighted by atomic mass is 9.50. The Morgan fingerprint density at radius 2 is 1.88 bits per heavy atom. The van der Waals surface area contributed by atoms with E-state index in [1.165, 1.54) is 6.42 Å². The quantitative estimate of drug-likeness (QED) is 0.482. The number of fused-ring (bicyclic) bond motifs is 1. The van der Waals surface area contributed by atoms with Crippen LogP contribution < -0.4 is 11.1 Å². The molecular formula is C12H14N2O2. The van der Waals surface area contributed by atoms with Crippen LogP contribution in [0.4, 0.5) is 0 Å². The van der Waals surface area contributed by atoms with E-state index in [1.807, 2.05) is 0 Å². The summed E-state index contributed by atoms with van der Waals surface area (Å²) in [6, 6.07) is 0. The maximum atomic E-state index is 12.1. The summed E-state index contributed by atoms with van der Waals surface area (Å²) in [5.41, 5.74) is 5.02. The molecule has 2 saturated heterocycles. The molecule has 16 heavy (non-hydrogen) atoms. The van der Waals surface area contributed by atoms with Crippen LogP contribution in [0.2, 0.25) is 0 Å². The number of nitrogens with two attached hydrogens (primary N) is 1. The van der Waals surface area contributed by atoms with Crippen LogP contribution in [-0.4, -0.2) is 22.3 Å². The fourth-order valence-electron chi connectivity index (χ4n) is 7.49. The Kier molecular flexibility index (Phi) is 0.758. The summed E-state index contributed by atoms with van der Waals surface area (Å²) in [6.45, 7) is 0. The van der Waals surface area contributed by atoms with Gasteiger partial charge in [-0.15, -0.1) is 0 Å². The molecule has 0 radical (unpaired) electrons. The van der Waals surface area contributed by atoms with Crippen molar-refractivity contribution in [2.24, 2.45) is 53.1 Å². The predicted molar refractivity (Wildman–Crippen MR) is 52.5 cm³/mol. The van der Waals surface area contributed by atoms with Crippen molar-refractivity contribution in [3.8, 4) is 0 Å². The van der Waals surface area contributed by atoms with Crippen molar-refractivity contribution in [3.05, 3.63) is 0 Å². The van der Waals surface area contributed by atoms with Gasteiger partial charge in [-0.05, 0) is 30.1 Å². The average Bonchev–Trinajstić information content (AvgIpc) is 2.66. The Morgan fingerprint density at radius 1 is 1.19 bits per heavy atom. The van der Waals surface area contributed by atoms with E-state index in [2.05, 4.69) is 5.32 Å². The molecule has 7 rings (SSSR count). The molecule has 4 nitrogen and oxygen atoms in total. The lowest BCUT2D eigenvalue weighted by Crippen LogP contribution is -2.83. The highest BCUT2D eigenvalue weighted by Gasteiger charge is 2.94. The maximum absolute atomic E-state index is 12.1. The van der Waals surface area contributed by atoms with Crippen LogP contribution in [0.1, 0.15) is 6.42 Å². The van der Waals surface area contributed by atoms with Crippen LogP contribution in [0, 0.1) is 47.3 Å². The first-order valence-electron chi connectivity index (χ1n) is 6.44. The highest BCUT2D eigenvalue weighted by Crippen LogP contribution is 2.87. The standard InChI is InChI=1S/C12H14N2O2/c13-12-7-3-1-2-4-5(3)9(12)8(4)11(16,6(2)7)10(15)14-12/h2-9,16H,1,13H2,(H,14,15)/t2-,3-,4+,5+,6+,7+,8+,9+,11+,12-/m0/s1. The molecule has 2 aliphatic heterocycles. The Balaban J connectivity index is 1.78. The summed E-state index contributed by atoms with van der Waals surface area (Å²) in [7, 11) is 0. The fourth-order valence-corrected chi connectivity index (χ4v) is 7.49. The number of aliphatic hydroxyl groups is 1. The van der Waals surface area contributed by atoms with Gasteiger partial charge in [0, 0.05) is 23.7 Å². The largest absolute Gasteiger partial charge is 0.379 e. The zero-order valence-electron chi connectivity index (χ0n) is 8.76. The highest BCUT2D eigenvalue weighted by atomic mass is 16.3. The molecular weight excluding hydrogens is 204 g/mol. The summed E-state index contributed by atoms with van der Waals surface area (Å²) in [5, 5.41) is 13.8. The molecule has 0 spiro atoms. The van der Waals surface area contributed by atoms with E-state index in [4.69, 9.17) is 5.73 Å². The van der Waals surface area contributed by atoms with Crippen molar-refractivity contribution in [2.45, 2.75) is 17.7 Å². The number of nitrogens with one attached hydrogen (secondary N) is 1. The smallest absolute Gasteiger partial charge is 0.254 e. The van der Waals surface area contributed by atoms with E-state index < -0.39 is 11.3 Å². The molecule has 1 amide bonds. The van der Waals surface area contributed by atoms with Gasteiger partial charge >= 0.3 is 0 Å². The van der Waals surface area contributed by atoms with Crippen LogP contribution in [0.5, 0.6) is 0 Å². The van der Waals surface area contributed by atoms with Crippen molar-refractivity contribution in [2.75, 3.05) is 0 Å². The third-order valence-electron chi connectivity index (χ3n) is 7.32. The molecule has 84 valence electrons. The van der Waals surface area contributed by atoms with Crippen molar-refractivity contribution in [3.63, 3.8) is 0 Å². The number of hydrogen-bond donors (Lipinski definition) is 3. The van der Waals surface area contributed by atoms with E-state index in [0.29, 0.717) is 29.6 Å². The first-order valence-corrected chi connectivity index (χ1v) is 6.44. The number of carbonyl (C=O) groups excluding carboxylic acids is 1. The number of hydrogen-bond acceptors (Lipinski definition) is 3. The van der Waals surface area contributed by atoms with Gasteiger partial charge in [0.05, 0.1) is 5.66 Å². The number of piperidine rings is 2. The second-order valence-electron chi connectivity index (χ2n) is 7.03. The van der Waals surface area contributed by atoms with Gasteiger partial charge in [-0.1, -0.05) is 0 Å². The lowest BCUT2D eigenvalue weighted by Gasteiger charge is -2.62. The molecule has 5 saturated carbocycles. The normalized spacial score (nSPS) is 83.2. The van der Waals surface area contributed by atoms with Crippen molar-refractivity contribution in [1.29, 1.82) is 0 Å². The van der Waals surface area contributed by atoms with Gasteiger partial charge in [-0.25, -0.2) is 0 Å². The van der Waals surface area contributed by atoms with Gasteiger partial charge in [0.1, 0.15) is 5.60 Å². The molecule has 7 aliphatic rings. The van der Waals surface area contributed by atoms with Gasteiger partial charge in [-0.2, -0.15) is 0 Å². The molecule has 4 bridgehead atoms. The van der Waals surface area contributed by atoms with Gasteiger partial charge < -0.3 is 16.2 Å². The molecule has 4 heteroatoms. The Labute approximate surface area is 92.6 Å². The third kappa shape index (κ3) is 0.371. The highest BCUT2D eigenvalue weighted by molar-refractivity contribution is 5.91. The number of amides is 1. The second-order valence-corrected chi connectivity index (χ2v) is 7.03. The molecule has 5 aliphatic carbocycles. The van der Waals surface area contributed by atoms with Crippen molar-refractivity contribution >= 4 is 5.91 Å². The van der Waals surface area contributed by atoms with Crippen LogP contribution in [0.15, 0.2) is 0 Å². The fraction of sp³-hybridized carbons (Fsp3) is 0.917. The van der Waals surface area contributed by atoms with Gasteiger partial charge in [0.2, 0.25) is 0 Å². The van der Waals surface area contributed by atoms with E-state index in [9.17, 15) is 9.90 Å². The van der Waals surface area contributed by atoms with Crippen LogP contribution in [0.3, 0.4) is 0 Å². The van der Waals surface area contributed by atoms with Gasteiger partial charge in [-0.3, -0.25) is 4.79 Å².